The molecular formula is C41H66N2O4. The molecule has 2 amide bonds. The van der Waals surface area contributed by atoms with Crippen molar-refractivity contribution >= 4 is 11.8 Å². The number of benzene rings is 2. The minimum atomic E-state index is -0.433. The molecule has 264 valence electrons. The van der Waals surface area contributed by atoms with E-state index in [9.17, 15) is 19.8 Å². The highest BCUT2D eigenvalue weighted by Gasteiger charge is 2.28. The number of unbranched alkanes of at least 4 members (excludes halogenated alkanes) is 3. The van der Waals surface area contributed by atoms with E-state index in [1.807, 2.05) is 24.3 Å². The van der Waals surface area contributed by atoms with Crippen LogP contribution in [0, 0.1) is 0 Å². The summed E-state index contributed by atoms with van der Waals surface area (Å²) in [5.74, 6) is 0.475. The number of hydrogen-bond acceptors (Lipinski definition) is 4. The number of hydrogen-bond donors (Lipinski definition) is 4. The molecule has 2 aromatic carbocycles. The molecule has 0 saturated carbocycles. The van der Waals surface area contributed by atoms with E-state index in [1.54, 1.807) is 0 Å². The summed E-state index contributed by atoms with van der Waals surface area (Å²) >= 11 is 0. The van der Waals surface area contributed by atoms with E-state index in [0.29, 0.717) is 30.8 Å². The molecule has 0 radical (unpaired) electrons. The molecule has 47 heavy (non-hydrogen) atoms. The Morgan fingerprint density at radius 1 is 0.574 bits per heavy atom. The quantitative estimate of drug-likeness (QED) is 0.128. The van der Waals surface area contributed by atoms with Crippen LogP contribution in [0.3, 0.4) is 0 Å². The van der Waals surface area contributed by atoms with Crippen molar-refractivity contribution in [3.05, 3.63) is 57.6 Å². The van der Waals surface area contributed by atoms with Crippen LogP contribution in [-0.4, -0.2) is 28.2 Å². The maximum absolute atomic E-state index is 13.3. The number of aryl methyl sites for hydroxylation is 2. The van der Waals surface area contributed by atoms with Crippen LogP contribution in [0.2, 0.25) is 0 Å². The Balaban J connectivity index is 2.18. The second-order valence-electron chi connectivity index (χ2n) is 17.6. The van der Waals surface area contributed by atoms with Crippen LogP contribution in [0.4, 0.5) is 0 Å². The lowest BCUT2D eigenvalue weighted by atomic mass is 9.78. The molecule has 0 heterocycles. The molecule has 2 aromatic rings. The van der Waals surface area contributed by atoms with Gasteiger partial charge in [-0.15, -0.1) is 0 Å². The Labute approximate surface area is 286 Å². The smallest absolute Gasteiger partial charge is 0.221 e. The minimum Gasteiger partial charge on any atom is -0.507 e. The third-order valence-corrected chi connectivity index (χ3v) is 8.87. The topological polar surface area (TPSA) is 98.7 Å². The summed E-state index contributed by atoms with van der Waals surface area (Å²) in [6.45, 7) is 27.2. The van der Waals surface area contributed by atoms with Gasteiger partial charge in [-0.25, -0.2) is 0 Å². The molecular weight excluding hydrogens is 584 g/mol. The monoisotopic (exact) mass is 651 g/mol. The highest BCUT2D eigenvalue weighted by atomic mass is 16.3. The van der Waals surface area contributed by atoms with E-state index < -0.39 is 6.17 Å². The zero-order chi connectivity index (χ0) is 36.0. The molecule has 0 unspecified atom stereocenters. The van der Waals surface area contributed by atoms with Crippen LogP contribution in [0.5, 0.6) is 11.5 Å². The van der Waals surface area contributed by atoms with E-state index in [-0.39, 0.29) is 46.3 Å². The van der Waals surface area contributed by atoms with Crippen molar-refractivity contribution < 1.29 is 19.8 Å². The first-order valence-corrected chi connectivity index (χ1v) is 17.8. The van der Waals surface area contributed by atoms with Gasteiger partial charge >= 0.3 is 0 Å². The first-order chi connectivity index (χ1) is 21.4. The maximum Gasteiger partial charge on any atom is 0.221 e. The number of carbonyl (C=O) groups is 2. The first kappa shape index (κ1) is 40.2. The number of aromatic hydroxyl groups is 2. The molecule has 0 fully saturated rings. The van der Waals surface area contributed by atoms with Crippen LogP contribution >= 0.6 is 0 Å². The van der Waals surface area contributed by atoms with E-state index in [0.717, 1.165) is 59.1 Å². The number of carbonyl (C=O) groups excluding carboxylic acids is 2. The molecule has 2 rings (SSSR count). The fourth-order valence-corrected chi connectivity index (χ4v) is 5.97. The van der Waals surface area contributed by atoms with Gasteiger partial charge in [-0.05, 0) is 80.7 Å². The molecule has 0 saturated heterocycles. The zero-order valence-electron chi connectivity index (χ0n) is 32.0. The lowest BCUT2D eigenvalue weighted by Gasteiger charge is -2.28. The fraction of sp³-hybridized carbons (Fsp3) is 0.659. The number of phenolic OH excluding ortho intramolecular Hbond substituents is 2. The summed E-state index contributed by atoms with van der Waals surface area (Å²) in [6, 6.07) is 8.12. The third-order valence-electron chi connectivity index (χ3n) is 8.87. The van der Waals surface area contributed by atoms with Gasteiger partial charge in [0.2, 0.25) is 11.8 Å². The second kappa shape index (κ2) is 15.9. The van der Waals surface area contributed by atoms with Gasteiger partial charge in [-0.3, -0.25) is 9.59 Å². The van der Waals surface area contributed by atoms with Gasteiger partial charge in [0.1, 0.15) is 17.7 Å². The molecule has 0 aromatic heterocycles. The highest BCUT2D eigenvalue weighted by molar-refractivity contribution is 5.79. The average Bonchev–Trinajstić information content (AvgIpc) is 2.91. The summed E-state index contributed by atoms with van der Waals surface area (Å²) in [5.41, 5.74) is 4.65. The van der Waals surface area contributed by atoms with Crippen molar-refractivity contribution in [2.75, 3.05) is 0 Å². The SMILES string of the molecule is CCCCCCC(NC(=O)CCc1cc(C(C)(C)C)c(O)c(C(C)(C)C)c1)NC(=O)CCc1cc(C(C)(C)C)c(O)c(C(C)(C)C)c1. The Bertz CT molecular complexity index is 1190. The molecule has 0 aliphatic heterocycles. The van der Waals surface area contributed by atoms with Gasteiger partial charge in [-0.1, -0.05) is 134 Å². The van der Waals surface area contributed by atoms with Crippen LogP contribution in [-0.2, 0) is 44.1 Å². The van der Waals surface area contributed by atoms with Gasteiger partial charge in [0.25, 0.3) is 0 Å². The standard InChI is InChI=1S/C41H66N2O4/c1-14-15-16-17-18-33(42-34(44)21-19-27-23-29(38(2,3)4)36(46)30(24-27)39(5,6)7)43-35(45)22-20-28-25-31(40(8,9)10)37(47)32(26-28)41(11,12)13/h23-26,33,46-47H,14-22H2,1-13H3,(H,42,44)(H,43,45). The number of amides is 2. The third kappa shape index (κ3) is 12.2. The normalized spacial score (nSPS) is 12.8. The molecule has 6 heteroatoms. The van der Waals surface area contributed by atoms with Crippen LogP contribution < -0.4 is 10.6 Å². The fourth-order valence-electron chi connectivity index (χ4n) is 5.97. The average molecular weight is 651 g/mol. The van der Waals surface area contributed by atoms with Gasteiger partial charge in [0, 0.05) is 12.8 Å². The summed E-state index contributed by atoms with van der Waals surface area (Å²) in [7, 11) is 0. The highest BCUT2D eigenvalue weighted by Crippen LogP contribution is 2.41. The largest absolute Gasteiger partial charge is 0.507 e. The Hall–Kier alpha value is -3.02. The van der Waals surface area contributed by atoms with Crippen LogP contribution in [0.25, 0.3) is 0 Å². The predicted octanol–water partition coefficient (Wildman–Crippen LogP) is 9.38. The van der Waals surface area contributed by atoms with Gasteiger partial charge in [0.05, 0.1) is 0 Å². The van der Waals surface area contributed by atoms with Crippen molar-refractivity contribution in [1.82, 2.24) is 10.6 Å². The number of phenols is 2. The molecule has 0 aliphatic rings. The summed E-state index contributed by atoms with van der Waals surface area (Å²) in [5, 5.41) is 28.4. The first-order valence-electron chi connectivity index (χ1n) is 17.8. The molecule has 0 spiro atoms. The van der Waals surface area contributed by atoms with Gasteiger partial charge < -0.3 is 20.8 Å². The molecule has 6 nitrogen and oxygen atoms in total. The van der Waals surface area contributed by atoms with Crippen molar-refractivity contribution in [3.63, 3.8) is 0 Å². The Morgan fingerprint density at radius 2 is 0.894 bits per heavy atom. The van der Waals surface area contributed by atoms with E-state index in [4.69, 9.17) is 0 Å². The van der Waals surface area contributed by atoms with Crippen molar-refractivity contribution in [1.29, 1.82) is 0 Å². The summed E-state index contributed by atoms with van der Waals surface area (Å²) in [6.07, 6.45) is 6.12. The second-order valence-corrected chi connectivity index (χ2v) is 17.6. The molecule has 0 atom stereocenters. The lowest BCUT2D eigenvalue weighted by molar-refractivity contribution is -0.124. The van der Waals surface area contributed by atoms with E-state index >= 15 is 0 Å². The number of nitrogens with one attached hydrogen (secondary N) is 2. The Kier molecular flexibility index (Phi) is 13.6. The Morgan fingerprint density at radius 3 is 1.17 bits per heavy atom. The van der Waals surface area contributed by atoms with Crippen molar-refractivity contribution in [2.45, 2.75) is 176 Å². The van der Waals surface area contributed by atoms with Crippen LogP contribution in [0.1, 0.15) is 168 Å². The predicted molar refractivity (Wildman–Crippen MR) is 196 cm³/mol. The van der Waals surface area contributed by atoms with Crippen molar-refractivity contribution in [2.24, 2.45) is 0 Å². The van der Waals surface area contributed by atoms with E-state index in [2.05, 4.69) is 101 Å². The summed E-state index contributed by atoms with van der Waals surface area (Å²) < 4.78 is 0. The van der Waals surface area contributed by atoms with Gasteiger partial charge in [-0.2, -0.15) is 0 Å². The molecule has 0 bridgehead atoms. The minimum absolute atomic E-state index is 0.100. The van der Waals surface area contributed by atoms with Crippen molar-refractivity contribution in [3.8, 4) is 11.5 Å². The maximum atomic E-state index is 13.3. The van der Waals surface area contributed by atoms with Gasteiger partial charge in [0.15, 0.2) is 0 Å². The van der Waals surface area contributed by atoms with E-state index in [1.165, 1.54) is 0 Å². The molecule has 4 N–H and O–H groups in total. The molecule has 0 aliphatic carbocycles. The number of rotatable bonds is 13. The van der Waals surface area contributed by atoms with Crippen LogP contribution in [0.15, 0.2) is 24.3 Å². The lowest BCUT2D eigenvalue weighted by Crippen LogP contribution is -2.48. The zero-order valence-corrected chi connectivity index (χ0v) is 32.0. The summed E-state index contributed by atoms with van der Waals surface area (Å²) in [4.78, 5) is 26.5.